The van der Waals surface area contributed by atoms with Gasteiger partial charge in [0.15, 0.2) is 0 Å². The Morgan fingerprint density at radius 2 is 1.20 bits per heavy atom. The van der Waals surface area contributed by atoms with Crippen LogP contribution in [-0.4, -0.2) is 0 Å². The van der Waals surface area contributed by atoms with Crippen LogP contribution in [0.3, 0.4) is 0 Å². The van der Waals surface area contributed by atoms with Crippen LogP contribution in [0.5, 0.6) is 11.5 Å². The normalized spacial score (nSPS) is 16.0. The van der Waals surface area contributed by atoms with Crippen LogP contribution >= 0.6 is 0 Å². The Kier molecular flexibility index (Phi) is 5.91. The number of ether oxygens (including phenoxy) is 1. The van der Waals surface area contributed by atoms with E-state index in [1.54, 1.807) is 0 Å². The van der Waals surface area contributed by atoms with E-state index in [2.05, 4.69) is 154 Å². The van der Waals surface area contributed by atoms with E-state index >= 15 is 0 Å². The Morgan fingerprint density at radius 1 is 0.610 bits per heavy atom. The number of fused-ring (bicyclic) bond motifs is 3. The van der Waals surface area contributed by atoms with Crippen molar-refractivity contribution >= 4 is 11.1 Å². The smallest absolute Gasteiger partial charge is 0.132 e. The minimum atomic E-state index is -0.515. The van der Waals surface area contributed by atoms with Gasteiger partial charge in [-0.3, -0.25) is 0 Å². The molecule has 0 amide bonds. The van der Waals surface area contributed by atoms with Crippen LogP contribution in [0.4, 0.5) is 0 Å². The second-order valence-corrected chi connectivity index (χ2v) is 11.3. The molecule has 1 heterocycles. The Labute approximate surface area is 242 Å². The summed E-state index contributed by atoms with van der Waals surface area (Å²) in [7, 11) is 0. The maximum absolute atomic E-state index is 6.78. The molecule has 5 aromatic rings. The SMILES string of the molecule is C=C/C=C\C1=C(c2ccc3c(c2)Oc2ccccc2C3(c2ccccc2)c2ccccc2)C(C)(C)c2ccccc21. The van der Waals surface area contributed by atoms with Gasteiger partial charge in [-0.15, -0.1) is 0 Å². The van der Waals surface area contributed by atoms with Gasteiger partial charge in [-0.1, -0.05) is 154 Å². The van der Waals surface area contributed by atoms with E-state index in [0.29, 0.717) is 0 Å². The summed E-state index contributed by atoms with van der Waals surface area (Å²) in [5, 5.41) is 0. The molecule has 0 saturated carbocycles. The van der Waals surface area contributed by atoms with Gasteiger partial charge in [-0.25, -0.2) is 0 Å². The number of allylic oxidation sites excluding steroid dienone is 5. The predicted octanol–water partition coefficient (Wildman–Crippen LogP) is 10.1. The molecule has 0 bridgehead atoms. The molecule has 7 rings (SSSR count). The van der Waals surface area contributed by atoms with E-state index in [4.69, 9.17) is 4.74 Å². The first kappa shape index (κ1) is 25.1. The van der Waals surface area contributed by atoms with Crippen molar-refractivity contribution < 1.29 is 4.74 Å². The molecule has 1 nitrogen and oxygen atoms in total. The number of benzene rings is 5. The first-order valence-corrected chi connectivity index (χ1v) is 14.2. The van der Waals surface area contributed by atoms with Crippen molar-refractivity contribution in [3.8, 4) is 11.5 Å². The zero-order valence-electron chi connectivity index (χ0n) is 23.5. The first-order chi connectivity index (χ1) is 20.1. The summed E-state index contributed by atoms with van der Waals surface area (Å²) < 4.78 is 6.78. The van der Waals surface area contributed by atoms with Gasteiger partial charge in [0.25, 0.3) is 0 Å². The van der Waals surface area contributed by atoms with Gasteiger partial charge in [0, 0.05) is 16.5 Å². The molecule has 0 radical (unpaired) electrons. The Morgan fingerprint density at radius 3 is 1.88 bits per heavy atom. The monoisotopic (exact) mass is 528 g/mol. The number of hydrogen-bond donors (Lipinski definition) is 0. The minimum Gasteiger partial charge on any atom is -0.457 e. The van der Waals surface area contributed by atoms with E-state index in [-0.39, 0.29) is 5.41 Å². The van der Waals surface area contributed by atoms with E-state index in [0.717, 1.165) is 22.6 Å². The van der Waals surface area contributed by atoms with Crippen molar-refractivity contribution in [3.05, 3.63) is 191 Å². The average molecular weight is 529 g/mol. The van der Waals surface area contributed by atoms with Crippen molar-refractivity contribution in [3.63, 3.8) is 0 Å². The molecule has 0 atom stereocenters. The molecule has 1 aliphatic heterocycles. The molecule has 198 valence electrons. The summed E-state index contributed by atoms with van der Waals surface area (Å²) in [5.74, 6) is 1.78. The first-order valence-electron chi connectivity index (χ1n) is 14.2. The fraction of sp³-hybridized carbons (Fsp3) is 0.100. The van der Waals surface area contributed by atoms with Crippen LogP contribution in [-0.2, 0) is 10.8 Å². The van der Waals surface area contributed by atoms with Gasteiger partial charge >= 0.3 is 0 Å². The summed E-state index contributed by atoms with van der Waals surface area (Å²) >= 11 is 0. The maximum atomic E-state index is 6.78. The highest BCUT2D eigenvalue weighted by molar-refractivity contribution is 6.05. The minimum absolute atomic E-state index is 0.172. The van der Waals surface area contributed by atoms with Gasteiger partial charge in [-0.05, 0) is 51.1 Å². The summed E-state index contributed by atoms with van der Waals surface area (Å²) in [6, 6.07) is 45.7. The Hall–Kier alpha value is -4.88. The quantitative estimate of drug-likeness (QED) is 0.202. The number of rotatable bonds is 5. The highest BCUT2D eigenvalue weighted by Crippen LogP contribution is 2.57. The number of hydrogen-bond acceptors (Lipinski definition) is 1. The second-order valence-electron chi connectivity index (χ2n) is 11.3. The molecule has 0 aromatic heterocycles. The van der Waals surface area contributed by atoms with Crippen molar-refractivity contribution in [2.75, 3.05) is 0 Å². The molecule has 1 heteroatoms. The summed E-state index contributed by atoms with van der Waals surface area (Å²) in [6.45, 7) is 8.58. The molecule has 0 unspecified atom stereocenters. The summed E-state index contributed by atoms with van der Waals surface area (Å²) in [5.41, 5.74) is 10.4. The maximum Gasteiger partial charge on any atom is 0.132 e. The predicted molar refractivity (Wildman–Crippen MR) is 170 cm³/mol. The lowest BCUT2D eigenvalue weighted by Crippen LogP contribution is -2.34. The van der Waals surface area contributed by atoms with Crippen LogP contribution in [0, 0.1) is 0 Å². The van der Waals surface area contributed by atoms with Crippen LogP contribution in [0.1, 0.15) is 52.8 Å². The fourth-order valence-corrected chi connectivity index (χ4v) is 7.09. The molecule has 41 heavy (non-hydrogen) atoms. The molecule has 5 aromatic carbocycles. The van der Waals surface area contributed by atoms with Crippen molar-refractivity contribution in [1.29, 1.82) is 0 Å². The van der Waals surface area contributed by atoms with Crippen molar-refractivity contribution in [2.45, 2.75) is 24.7 Å². The lowest BCUT2D eigenvalue weighted by molar-refractivity contribution is 0.434. The van der Waals surface area contributed by atoms with Crippen LogP contribution in [0.25, 0.3) is 11.1 Å². The Bertz CT molecular complexity index is 1800. The van der Waals surface area contributed by atoms with E-state index in [1.807, 2.05) is 12.2 Å². The topological polar surface area (TPSA) is 9.23 Å². The molecule has 0 fully saturated rings. The zero-order valence-corrected chi connectivity index (χ0v) is 23.5. The van der Waals surface area contributed by atoms with Gasteiger partial charge in [0.2, 0.25) is 0 Å². The van der Waals surface area contributed by atoms with Crippen molar-refractivity contribution in [2.24, 2.45) is 0 Å². The van der Waals surface area contributed by atoms with E-state index in [9.17, 15) is 0 Å². The number of para-hydroxylation sites is 1. The zero-order chi connectivity index (χ0) is 28.0. The van der Waals surface area contributed by atoms with Crippen LogP contribution < -0.4 is 4.74 Å². The highest BCUT2D eigenvalue weighted by atomic mass is 16.5. The van der Waals surface area contributed by atoms with E-state index in [1.165, 1.54) is 39.0 Å². The third-order valence-electron chi connectivity index (χ3n) is 8.78. The molecule has 0 spiro atoms. The summed E-state index contributed by atoms with van der Waals surface area (Å²) in [6.07, 6.45) is 6.08. The van der Waals surface area contributed by atoms with Gasteiger partial charge < -0.3 is 4.74 Å². The Balaban J connectivity index is 1.52. The largest absolute Gasteiger partial charge is 0.457 e. The van der Waals surface area contributed by atoms with Crippen molar-refractivity contribution in [1.82, 2.24) is 0 Å². The third-order valence-corrected chi connectivity index (χ3v) is 8.78. The molecular formula is C40H32O. The van der Waals surface area contributed by atoms with E-state index < -0.39 is 5.41 Å². The lowest BCUT2D eigenvalue weighted by atomic mass is 9.63. The second kappa shape index (κ2) is 9.64. The van der Waals surface area contributed by atoms with Gasteiger partial charge in [-0.2, -0.15) is 0 Å². The fourth-order valence-electron chi connectivity index (χ4n) is 7.09. The highest BCUT2D eigenvalue weighted by Gasteiger charge is 2.46. The third kappa shape index (κ3) is 3.69. The lowest BCUT2D eigenvalue weighted by Gasteiger charge is -2.41. The van der Waals surface area contributed by atoms with Crippen LogP contribution in [0.15, 0.2) is 152 Å². The van der Waals surface area contributed by atoms with Gasteiger partial charge in [0.1, 0.15) is 11.5 Å². The molecule has 2 aliphatic rings. The standard InChI is InChI=1S/C40H32O/c1-4-5-20-32-31-21-12-13-22-33(31)39(2,3)38(32)28-25-26-35-37(27-28)41-36-24-15-14-23-34(36)40(35,29-16-8-6-9-17-29)30-18-10-7-11-19-30/h4-27H,1H2,2-3H3/b20-5-. The van der Waals surface area contributed by atoms with Crippen LogP contribution in [0.2, 0.25) is 0 Å². The van der Waals surface area contributed by atoms with Gasteiger partial charge in [0.05, 0.1) is 5.41 Å². The molecule has 1 aliphatic carbocycles. The molecule has 0 saturated heterocycles. The average Bonchev–Trinajstić information content (AvgIpc) is 3.25. The molecular weight excluding hydrogens is 496 g/mol. The summed E-state index contributed by atoms with van der Waals surface area (Å²) in [4.78, 5) is 0. The molecule has 0 N–H and O–H groups in total.